The van der Waals surface area contributed by atoms with E-state index in [4.69, 9.17) is 9.26 Å². The molecule has 2 aliphatic heterocycles. The van der Waals surface area contributed by atoms with Crippen LogP contribution in [0, 0.1) is 5.82 Å². The standard InChI is InChI=1S/C29H25F4N3O4S/c30-22-9-15(27(37)38)10-23-25(22)34-28(41-23)36-16-7-8-17(36)12-18(11-16)39-13-20-24(35-40-26(20)14-5-6-14)19-3-1-2-4-21(19)29(31,32)33/h1-4,9-10,14,16-18H,5-8,11-13H2,(H,37,38). The number of carbonyl (C=O) groups is 1. The van der Waals surface area contributed by atoms with Crippen LogP contribution in [0.3, 0.4) is 0 Å². The molecule has 2 unspecified atom stereocenters. The molecule has 4 aromatic rings. The van der Waals surface area contributed by atoms with E-state index in [-0.39, 0.29) is 53.0 Å². The van der Waals surface area contributed by atoms with Crippen LogP contribution in [0.2, 0.25) is 0 Å². The molecule has 3 aliphatic rings. The van der Waals surface area contributed by atoms with Crippen molar-refractivity contribution in [2.24, 2.45) is 0 Å². The van der Waals surface area contributed by atoms with E-state index in [2.05, 4.69) is 15.0 Å². The second-order valence-corrected chi connectivity index (χ2v) is 12.0. The quantitative estimate of drug-likeness (QED) is 0.225. The number of halogens is 4. The number of fused-ring (bicyclic) bond motifs is 3. The van der Waals surface area contributed by atoms with Crippen LogP contribution in [0.1, 0.15) is 71.7 Å². The van der Waals surface area contributed by atoms with Crippen molar-refractivity contribution in [1.29, 1.82) is 0 Å². The van der Waals surface area contributed by atoms with Gasteiger partial charge in [-0.25, -0.2) is 14.2 Å². The highest BCUT2D eigenvalue weighted by Gasteiger charge is 2.43. The Morgan fingerprint density at radius 3 is 2.54 bits per heavy atom. The minimum Gasteiger partial charge on any atom is -0.478 e. The maximum absolute atomic E-state index is 14.6. The number of carboxylic acid groups (broad SMARTS) is 1. The topological polar surface area (TPSA) is 88.7 Å². The lowest BCUT2D eigenvalue weighted by atomic mass is 9.98. The molecule has 41 heavy (non-hydrogen) atoms. The largest absolute Gasteiger partial charge is 0.478 e. The Morgan fingerprint density at radius 1 is 1.12 bits per heavy atom. The summed E-state index contributed by atoms with van der Waals surface area (Å²) in [6.45, 7) is 0.102. The summed E-state index contributed by atoms with van der Waals surface area (Å²) in [4.78, 5) is 18.1. The Morgan fingerprint density at radius 2 is 1.85 bits per heavy atom. The first-order valence-electron chi connectivity index (χ1n) is 13.6. The van der Waals surface area contributed by atoms with E-state index in [1.807, 2.05) is 0 Å². The van der Waals surface area contributed by atoms with Gasteiger partial charge in [0.1, 0.15) is 17.0 Å². The van der Waals surface area contributed by atoms with Gasteiger partial charge in [-0.1, -0.05) is 34.7 Å². The van der Waals surface area contributed by atoms with Crippen LogP contribution in [0.25, 0.3) is 21.5 Å². The number of nitrogens with zero attached hydrogens (tertiary/aromatic N) is 3. The molecule has 0 spiro atoms. The van der Waals surface area contributed by atoms with Gasteiger partial charge in [-0.15, -0.1) is 0 Å². The third kappa shape index (κ3) is 4.76. The summed E-state index contributed by atoms with van der Waals surface area (Å²) in [6.07, 6.45) is 0.354. The van der Waals surface area contributed by atoms with Gasteiger partial charge in [0.05, 0.1) is 28.5 Å². The molecule has 4 heterocycles. The van der Waals surface area contributed by atoms with Crippen molar-refractivity contribution in [3.8, 4) is 11.3 Å². The number of alkyl halides is 3. The third-order valence-electron chi connectivity index (χ3n) is 8.31. The second kappa shape index (κ2) is 9.80. The number of aromatic nitrogens is 2. The summed E-state index contributed by atoms with van der Waals surface area (Å²) in [6, 6.07) is 8.04. The molecule has 2 atom stereocenters. The molecular weight excluding hydrogens is 562 g/mol. The van der Waals surface area contributed by atoms with Crippen molar-refractivity contribution in [3.63, 3.8) is 0 Å². The highest BCUT2D eigenvalue weighted by Crippen LogP contribution is 2.47. The number of rotatable bonds is 7. The zero-order chi connectivity index (χ0) is 28.5. The van der Waals surface area contributed by atoms with Gasteiger partial charge < -0.3 is 19.3 Å². The van der Waals surface area contributed by atoms with Crippen LogP contribution in [0.4, 0.5) is 22.7 Å². The van der Waals surface area contributed by atoms with Crippen LogP contribution < -0.4 is 4.90 Å². The summed E-state index contributed by atoms with van der Waals surface area (Å²) < 4.78 is 68.4. The number of benzene rings is 2. The first-order chi connectivity index (χ1) is 19.7. The molecule has 2 saturated heterocycles. The fraction of sp³-hybridized carbons (Fsp3) is 0.414. The van der Waals surface area contributed by atoms with Crippen molar-refractivity contribution in [3.05, 3.63) is 64.7 Å². The lowest BCUT2D eigenvalue weighted by Gasteiger charge is -2.38. The molecule has 0 amide bonds. The number of anilines is 1. The van der Waals surface area contributed by atoms with E-state index < -0.39 is 23.5 Å². The van der Waals surface area contributed by atoms with Crippen LogP contribution in [-0.2, 0) is 17.5 Å². The summed E-state index contributed by atoms with van der Waals surface area (Å²) in [5, 5.41) is 14.0. The Bertz CT molecular complexity index is 1630. The number of piperidine rings is 1. The number of hydrogen-bond acceptors (Lipinski definition) is 7. The summed E-state index contributed by atoms with van der Waals surface area (Å²) in [5.74, 6) is -1.10. The van der Waals surface area contributed by atoms with Gasteiger partial charge in [-0.3, -0.25) is 0 Å². The fourth-order valence-corrected chi connectivity index (χ4v) is 7.43. The monoisotopic (exact) mass is 587 g/mol. The Balaban J connectivity index is 1.11. The van der Waals surface area contributed by atoms with Crippen molar-refractivity contribution in [1.82, 2.24) is 10.1 Å². The Labute approximate surface area is 235 Å². The van der Waals surface area contributed by atoms with Crippen LogP contribution in [0.5, 0.6) is 0 Å². The van der Waals surface area contributed by atoms with Gasteiger partial charge in [0.2, 0.25) is 0 Å². The zero-order valence-corrected chi connectivity index (χ0v) is 22.5. The second-order valence-electron chi connectivity index (χ2n) is 11.0. The average Bonchev–Trinajstić information content (AvgIpc) is 3.44. The number of carboxylic acids is 1. The molecule has 2 bridgehead atoms. The predicted molar refractivity (Wildman–Crippen MR) is 143 cm³/mol. The first-order valence-corrected chi connectivity index (χ1v) is 14.4. The molecule has 3 fully saturated rings. The molecular formula is C29H25F4N3O4S. The summed E-state index contributed by atoms with van der Waals surface area (Å²) in [7, 11) is 0. The Kier molecular flexibility index (Phi) is 6.31. The SMILES string of the molecule is O=C(O)c1cc(F)c2nc(N3C4CCC3CC(OCc3c(-c5ccccc5C(F)(F)F)noc3C3CC3)C4)sc2c1. The van der Waals surface area contributed by atoms with E-state index in [1.54, 1.807) is 6.07 Å². The van der Waals surface area contributed by atoms with Gasteiger partial charge in [0, 0.05) is 29.1 Å². The van der Waals surface area contributed by atoms with Crippen LogP contribution in [-0.4, -0.2) is 39.4 Å². The normalized spacial score (nSPS) is 22.5. The van der Waals surface area contributed by atoms with Gasteiger partial charge in [0.25, 0.3) is 0 Å². The summed E-state index contributed by atoms with van der Waals surface area (Å²) in [5.41, 5.74) is 0.0351. The molecule has 214 valence electrons. The maximum atomic E-state index is 14.6. The fourth-order valence-electron chi connectivity index (χ4n) is 6.26. The zero-order valence-electron chi connectivity index (χ0n) is 21.7. The number of ether oxygens (including phenoxy) is 1. The van der Waals surface area contributed by atoms with Gasteiger partial charge in [0.15, 0.2) is 10.9 Å². The van der Waals surface area contributed by atoms with Crippen molar-refractivity contribution in [2.75, 3.05) is 4.90 Å². The van der Waals surface area contributed by atoms with Gasteiger partial charge >= 0.3 is 12.1 Å². The molecule has 1 saturated carbocycles. The minimum absolute atomic E-state index is 0.0155. The van der Waals surface area contributed by atoms with E-state index in [1.165, 1.54) is 29.5 Å². The molecule has 2 aromatic heterocycles. The number of thiazole rings is 1. The van der Waals surface area contributed by atoms with Gasteiger partial charge in [-0.2, -0.15) is 13.2 Å². The first kappa shape index (κ1) is 26.4. The third-order valence-corrected chi connectivity index (χ3v) is 9.33. The number of hydrogen-bond donors (Lipinski definition) is 1. The van der Waals surface area contributed by atoms with Crippen LogP contribution >= 0.6 is 11.3 Å². The number of aromatic carboxylic acids is 1. The van der Waals surface area contributed by atoms with E-state index in [9.17, 15) is 27.5 Å². The molecule has 12 heteroatoms. The van der Waals surface area contributed by atoms with E-state index in [0.29, 0.717) is 34.0 Å². The average molecular weight is 588 g/mol. The van der Waals surface area contributed by atoms with Crippen molar-refractivity contribution < 1.29 is 36.7 Å². The molecule has 7 nitrogen and oxygen atoms in total. The Hall–Kier alpha value is -3.51. The van der Waals surface area contributed by atoms with Gasteiger partial charge in [-0.05, 0) is 56.7 Å². The summed E-state index contributed by atoms with van der Waals surface area (Å²) >= 11 is 1.28. The highest BCUT2D eigenvalue weighted by molar-refractivity contribution is 7.22. The molecule has 1 N–H and O–H groups in total. The van der Waals surface area contributed by atoms with Crippen LogP contribution in [0.15, 0.2) is 40.9 Å². The van der Waals surface area contributed by atoms with Crippen molar-refractivity contribution >= 4 is 32.7 Å². The smallest absolute Gasteiger partial charge is 0.417 e. The predicted octanol–water partition coefficient (Wildman–Crippen LogP) is 7.40. The highest BCUT2D eigenvalue weighted by atomic mass is 32.1. The molecule has 1 aliphatic carbocycles. The minimum atomic E-state index is -4.53. The maximum Gasteiger partial charge on any atom is 0.417 e. The molecule has 2 aromatic carbocycles. The van der Waals surface area contributed by atoms with E-state index in [0.717, 1.165) is 37.8 Å². The van der Waals surface area contributed by atoms with Crippen molar-refractivity contribution in [2.45, 2.75) is 75.4 Å². The lowest BCUT2D eigenvalue weighted by Crippen LogP contribution is -2.45. The lowest BCUT2D eigenvalue weighted by molar-refractivity contribution is -0.137. The molecule has 7 rings (SSSR count). The van der Waals surface area contributed by atoms with E-state index >= 15 is 0 Å². The molecule has 0 radical (unpaired) electrons.